The first-order valence-corrected chi connectivity index (χ1v) is 12.4. The van der Waals surface area contributed by atoms with Crippen molar-refractivity contribution < 1.29 is 23.0 Å². The summed E-state index contributed by atoms with van der Waals surface area (Å²) < 4.78 is 39.9. The summed E-state index contributed by atoms with van der Waals surface area (Å²) in [5, 5.41) is 6.02. The van der Waals surface area contributed by atoms with Crippen molar-refractivity contribution in [3.8, 4) is 17.0 Å². The van der Waals surface area contributed by atoms with Gasteiger partial charge < -0.3 is 29.9 Å². The quantitative estimate of drug-likeness (QED) is 0.512. The second-order valence-corrected chi connectivity index (χ2v) is 9.98. The van der Waals surface area contributed by atoms with Crippen molar-refractivity contribution in [3.63, 3.8) is 0 Å². The molecule has 4 heterocycles. The van der Waals surface area contributed by atoms with E-state index in [0.29, 0.717) is 50.8 Å². The molecule has 0 aliphatic carbocycles. The van der Waals surface area contributed by atoms with Gasteiger partial charge in [0.05, 0.1) is 23.8 Å². The van der Waals surface area contributed by atoms with Gasteiger partial charge in [-0.25, -0.2) is 28.5 Å². The molecule has 2 aliphatic heterocycles. The van der Waals surface area contributed by atoms with E-state index in [9.17, 15) is 13.6 Å². The van der Waals surface area contributed by atoms with E-state index in [4.69, 9.17) is 9.47 Å². The third-order valence-corrected chi connectivity index (χ3v) is 6.01. The Balaban J connectivity index is 1.24. The number of amides is 1. The van der Waals surface area contributed by atoms with E-state index < -0.39 is 17.2 Å². The van der Waals surface area contributed by atoms with Crippen LogP contribution in [0.25, 0.3) is 11.3 Å². The Bertz CT molecular complexity index is 1320. The van der Waals surface area contributed by atoms with E-state index in [2.05, 4.69) is 30.5 Å². The average Bonchev–Trinajstić information content (AvgIpc) is 2.89. The standard InChI is InChI=1S/C26H29F2N7O3/c1-26(2,3)38-25(36)35-9-7-34(8-10-35)17-4-5-21(30-14-17)32-24-31-15-19(28)22(33-24)16-12-18(27)23-20(13-16)29-6-11-37-23/h4-5,12-15,29H,6-11H2,1-3H3,(H,30,31,32,33). The molecule has 0 saturated carbocycles. The number of carbonyl (C=O) groups excluding carboxylic acids is 1. The van der Waals surface area contributed by atoms with Crippen LogP contribution in [0.15, 0.2) is 36.7 Å². The highest BCUT2D eigenvalue weighted by Gasteiger charge is 2.26. The van der Waals surface area contributed by atoms with E-state index in [1.165, 1.54) is 6.07 Å². The molecule has 1 fully saturated rings. The molecular formula is C26H29F2N7O3. The van der Waals surface area contributed by atoms with Gasteiger partial charge >= 0.3 is 6.09 Å². The number of nitrogens with one attached hydrogen (secondary N) is 2. The molecule has 10 nitrogen and oxygen atoms in total. The molecule has 1 amide bonds. The molecule has 200 valence electrons. The van der Waals surface area contributed by atoms with Crippen molar-refractivity contribution in [1.82, 2.24) is 19.9 Å². The van der Waals surface area contributed by atoms with Crippen LogP contribution in [0, 0.1) is 11.6 Å². The predicted molar refractivity (Wildman–Crippen MR) is 139 cm³/mol. The first-order chi connectivity index (χ1) is 18.2. The molecule has 2 N–H and O–H groups in total. The smallest absolute Gasteiger partial charge is 0.410 e. The number of hydrogen-bond donors (Lipinski definition) is 2. The summed E-state index contributed by atoms with van der Waals surface area (Å²) in [7, 11) is 0. The van der Waals surface area contributed by atoms with Gasteiger partial charge in [-0.2, -0.15) is 0 Å². The Hall–Kier alpha value is -4.22. The summed E-state index contributed by atoms with van der Waals surface area (Å²) in [5.41, 5.74) is 1.04. The van der Waals surface area contributed by atoms with Crippen molar-refractivity contribution in [2.75, 3.05) is 54.9 Å². The number of rotatable bonds is 4. The fraction of sp³-hybridized carbons (Fsp3) is 0.385. The summed E-state index contributed by atoms with van der Waals surface area (Å²) in [4.78, 5) is 28.8. The number of hydrogen-bond acceptors (Lipinski definition) is 9. The molecule has 1 aromatic carbocycles. The predicted octanol–water partition coefficient (Wildman–Crippen LogP) is 4.42. The largest absolute Gasteiger partial charge is 0.486 e. The molecule has 1 saturated heterocycles. The van der Waals surface area contributed by atoms with E-state index in [-0.39, 0.29) is 29.0 Å². The number of carbonyl (C=O) groups is 1. The molecule has 0 atom stereocenters. The van der Waals surface area contributed by atoms with Crippen molar-refractivity contribution >= 4 is 29.2 Å². The zero-order valence-electron chi connectivity index (χ0n) is 21.4. The number of piperazine rings is 1. The van der Waals surface area contributed by atoms with Gasteiger partial charge in [-0.15, -0.1) is 0 Å². The number of benzene rings is 1. The fourth-order valence-corrected chi connectivity index (χ4v) is 4.21. The Kier molecular flexibility index (Phi) is 6.87. The second kappa shape index (κ2) is 10.3. The van der Waals surface area contributed by atoms with Crippen LogP contribution in [0.5, 0.6) is 5.75 Å². The lowest BCUT2D eigenvalue weighted by molar-refractivity contribution is 0.0240. The average molecular weight is 526 g/mol. The topological polar surface area (TPSA) is 105 Å². The number of ether oxygens (including phenoxy) is 2. The summed E-state index contributed by atoms with van der Waals surface area (Å²) in [6.07, 6.45) is 2.43. The molecule has 0 spiro atoms. The van der Waals surface area contributed by atoms with Gasteiger partial charge in [0, 0.05) is 38.3 Å². The molecule has 0 radical (unpaired) electrons. The maximum Gasteiger partial charge on any atom is 0.410 e. The van der Waals surface area contributed by atoms with Gasteiger partial charge in [-0.3, -0.25) is 0 Å². The Morgan fingerprint density at radius 1 is 1.08 bits per heavy atom. The number of halogens is 2. The molecule has 2 aromatic heterocycles. The minimum Gasteiger partial charge on any atom is -0.486 e. The second-order valence-electron chi connectivity index (χ2n) is 9.98. The maximum atomic E-state index is 14.6. The number of nitrogens with zero attached hydrogens (tertiary/aromatic N) is 5. The number of fused-ring (bicyclic) bond motifs is 1. The highest BCUT2D eigenvalue weighted by Crippen LogP contribution is 2.35. The monoisotopic (exact) mass is 525 g/mol. The zero-order valence-corrected chi connectivity index (χ0v) is 21.4. The highest BCUT2D eigenvalue weighted by atomic mass is 19.1. The van der Waals surface area contributed by atoms with Crippen molar-refractivity contribution in [1.29, 1.82) is 0 Å². The van der Waals surface area contributed by atoms with E-state index in [1.807, 2.05) is 26.8 Å². The van der Waals surface area contributed by atoms with Crippen LogP contribution in [0.1, 0.15) is 20.8 Å². The molecule has 3 aromatic rings. The van der Waals surface area contributed by atoms with E-state index >= 15 is 0 Å². The molecule has 0 unspecified atom stereocenters. The summed E-state index contributed by atoms with van der Waals surface area (Å²) in [5.74, 6) is -0.578. The number of anilines is 4. The third-order valence-electron chi connectivity index (χ3n) is 6.01. The maximum absolute atomic E-state index is 14.6. The van der Waals surface area contributed by atoms with Crippen LogP contribution < -0.4 is 20.3 Å². The highest BCUT2D eigenvalue weighted by molar-refractivity contribution is 5.72. The molecule has 12 heteroatoms. The SMILES string of the molecule is CC(C)(C)OC(=O)N1CCN(c2ccc(Nc3ncc(F)c(-c4cc(F)c5c(c4)NCCO5)n3)nc2)CC1. The lowest BCUT2D eigenvalue weighted by Gasteiger charge is -2.36. The van der Waals surface area contributed by atoms with Crippen molar-refractivity contribution in [3.05, 3.63) is 48.3 Å². The summed E-state index contributed by atoms with van der Waals surface area (Å²) >= 11 is 0. The van der Waals surface area contributed by atoms with Gasteiger partial charge in [0.1, 0.15) is 23.7 Å². The Morgan fingerprint density at radius 2 is 1.87 bits per heavy atom. The van der Waals surface area contributed by atoms with Crippen molar-refractivity contribution in [2.45, 2.75) is 26.4 Å². The third kappa shape index (κ3) is 5.68. The van der Waals surface area contributed by atoms with Crippen molar-refractivity contribution in [2.24, 2.45) is 0 Å². The van der Waals surface area contributed by atoms with Crippen LogP contribution in [0.3, 0.4) is 0 Å². The Labute approximate surface area is 219 Å². The van der Waals surface area contributed by atoms with Crippen LogP contribution in [0.4, 0.5) is 36.7 Å². The van der Waals surface area contributed by atoms with Crippen LogP contribution in [-0.4, -0.2) is 70.9 Å². The van der Waals surface area contributed by atoms with Gasteiger partial charge in [0.25, 0.3) is 0 Å². The lowest BCUT2D eigenvalue weighted by Crippen LogP contribution is -2.50. The van der Waals surface area contributed by atoms with Gasteiger partial charge in [0.2, 0.25) is 5.95 Å². The molecule has 0 bridgehead atoms. The van der Waals surface area contributed by atoms with E-state index in [0.717, 1.165) is 11.9 Å². The van der Waals surface area contributed by atoms with Crippen LogP contribution >= 0.6 is 0 Å². The first-order valence-electron chi connectivity index (χ1n) is 12.4. The number of aromatic nitrogens is 3. The number of pyridine rings is 1. The van der Waals surface area contributed by atoms with Crippen LogP contribution in [0.2, 0.25) is 0 Å². The zero-order chi connectivity index (χ0) is 26.9. The first kappa shape index (κ1) is 25.4. The molecule has 38 heavy (non-hydrogen) atoms. The van der Waals surface area contributed by atoms with Gasteiger partial charge in [-0.1, -0.05) is 0 Å². The van der Waals surface area contributed by atoms with Gasteiger partial charge in [0.15, 0.2) is 17.4 Å². The fourth-order valence-electron chi connectivity index (χ4n) is 4.21. The van der Waals surface area contributed by atoms with Gasteiger partial charge in [-0.05, 0) is 45.0 Å². The van der Waals surface area contributed by atoms with Crippen LogP contribution in [-0.2, 0) is 4.74 Å². The lowest BCUT2D eigenvalue weighted by atomic mass is 10.1. The summed E-state index contributed by atoms with van der Waals surface area (Å²) in [6, 6.07) is 6.45. The minimum absolute atomic E-state index is 0.0453. The molecular weight excluding hydrogens is 496 g/mol. The normalized spacial score (nSPS) is 15.3. The summed E-state index contributed by atoms with van der Waals surface area (Å²) in [6.45, 7) is 8.81. The Morgan fingerprint density at radius 3 is 2.58 bits per heavy atom. The molecule has 5 rings (SSSR count). The minimum atomic E-state index is -0.680. The molecule has 2 aliphatic rings. The van der Waals surface area contributed by atoms with E-state index in [1.54, 1.807) is 23.2 Å².